The van der Waals surface area contributed by atoms with Crippen LogP contribution in [0.4, 0.5) is 0 Å². The zero-order valence-corrected chi connectivity index (χ0v) is 13.6. The van der Waals surface area contributed by atoms with Crippen molar-refractivity contribution in [3.8, 4) is 11.4 Å². The minimum absolute atomic E-state index is 0.590. The van der Waals surface area contributed by atoms with Crippen LogP contribution in [0.15, 0.2) is 33.3 Å². The monoisotopic (exact) mass is 350 g/mol. The molecule has 3 rings (SSSR count). The molecule has 0 bridgehead atoms. The molecule has 1 aromatic carbocycles. The molecule has 0 aliphatic carbocycles. The summed E-state index contributed by atoms with van der Waals surface area (Å²) < 4.78 is 6.40. The Morgan fingerprint density at radius 2 is 2.19 bits per heavy atom. The number of benzene rings is 1. The van der Waals surface area contributed by atoms with Gasteiger partial charge in [0, 0.05) is 16.1 Å². The van der Waals surface area contributed by atoms with Crippen LogP contribution in [0, 0.1) is 0 Å². The van der Waals surface area contributed by atoms with E-state index in [0.717, 1.165) is 23.1 Å². The minimum atomic E-state index is 0.590. The molecule has 1 saturated heterocycles. The van der Waals surface area contributed by atoms with E-state index in [4.69, 9.17) is 4.52 Å². The van der Waals surface area contributed by atoms with Gasteiger partial charge in [-0.05, 0) is 45.1 Å². The summed E-state index contributed by atoms with van der Waals surface area (Å²) in [5.74, 6) is 1.32. The SMILES string of the molecule is CN(Cc1nc(-c2cccc(Br)c2)no1)C1CCNCC1. The minimum Gasteiger partial charge on any atom is -0.338 e. The Hall–Kier alpha value is -1.24. The van der Waals surface area contributed by atoms with Crippen LogP contribution in [-0.2, 0) is 6.54 Å². The van der Waals surface area contributed by atoms with E-state index in [1.54, 1.807) is 0 Å². The first kappa shape index (κ1) is 14.7. The van der Waals surface area contributed by atoms with E-state index < -0.39 is 0 Å². The number of nitrogens with zero attached hydrogens (tertiary/aromatic N) is 3. The number of nitrogens with one attached hydrogen (secondary N) is 1. The first-order valence-electron chi connectivity index (χ1n) is 7.22. The van der Waals surface area contributed by atoms with Crippen molar-refractivity contribution in [3.05, 3.63) is 34.6 Å². The van der Waals surface area contributed by atoms with Gasteiger partial charge in [0.1, 0.15) is 0 Å². The van der Waals surface area contributed by atoms with Crippen LogP contribution < -0.4 is 5.32 Å². The molecule has 0 amide bonds. The van der Waals surface area contributed by atoms with E-state index in [9.17, 15) is 0 Å². The molecule has 1 aliphatic rings. The second kappa shape index (κ2) is 6.68. The molecule has 0 saturated carbocycles. The molecule has 0 radical (unpaired) electrons. The second-order valence-corrected chi connectivity index (χ2v) is 6.33. The number of aromatic nitrogens is 2. The highest BCUT2D eigenvalue weighted by Crippen LogP contribution is 2.21. The summed E-state index contributed by atoms with van der Waals surface area (Å²) in [7, 11) is 2.12. The lowest BCUT2D eigenvalue weighted by Crippen LogP contribution is -2.40. The van der Waals surface area contributed by atoms with Gasteiger partial charge in [-0.1, -0.05) is 33.2 Å². The fourth-order valence-electron chi connectivity index (χ4n) is 2.65. The van der Waals surface area contributed by atoms with Gasteiger partial charge in [0.15, 0.2) is 0 Å². The Morgan fingerprint density at radius 3 is 2.95 bits per heavy atom. The lowest BCUT2D eigenvalue weighted by molar-refractivity contribution is 0.171. The molecule has 2 heterocycles. The summed E-state index contributed by atoms with van der Waals surface area (Å²) in [6.45, 7) is 2.87. The summed E-state index contributed by atoms with van der Waals surface area (Å²) in [6.07, 6.45) is 2.34. The van der Waals surface area contributed by atoms with Gasteiger partial charge < -0.3 is 9.84 Å². The van der Waals surface area contributed by atoms with Crippen molar-refractivity contribution < 1.29 is 4.52 Å². The Morgan fingerprint density at radius 1 is 1.38 bits per heavy atom. The number of rotatable bonds is 4. The van der Waals surface area contributed by atoms with E-state index in [2.05, 4.69) is 43.3 Å². The molecule has 0 unspecified atom stereocenters. The maximum absolute atomic E-state index is 5.39. The van der Waals surface area contributed by atoms with Crippen LogP contribution in [0.3, 0.4) is 0 Å². The van der Waals surface area contributed by atoms with Gasteiger partial charge in [0.2, 0.25) is 11.7 Å². The van der Waals surface area contributed by atoms with E-state index in [1.807, 2.05) is 24.3 Å². The third kappa shape index (κ3) is 3.70. The predicted molar refractivity (Wildman–Crippen MR) is 84.8 cm³/mol. The van der Waals surface area contributed by atoms with Crippen molar-refractivity contribution in [2.24, 2.45) is 0 Å². The molecule has 1 N–H and O–H groups in total. The van der Waals surface area contributed by atoms with E-state index in [1.165, 1.54) is 12.8 Å². The molecule has 112 valence electrons. The van der Waals surface area contributed by atoms with Crippen LogP contribution in [0.2, 0.25) is 0 Å². The zero-order chi connectivity index (χ0) is 14.7. The molecular weight excluding hydrogens is 332 g/mol. The first-order chi connectivity index (χ1) is 10.2. The van der Waals surface area contributed by atoms with Gasteiger partial charge in [-0.3, -0.25) is 4.90 Å². The molecule has 2 aromatic rings. The van der Waals surface area contributed by atoms with E-state index in [0.29, 0.717) is 24.3 Å². The summed E-state index contributed by atoms with van der Waals surface area (Å²) in [5.41, 5.74) is 0.962. The quantitative estimate of drug-likeness (QED) is 0.918. The lowest BCUT2D eigenvalue weighted by atomic mass is 10.1. The van der Waals surface area contributed by atoms with Crippen LogP contribution in [-0.4, -0.2) is 41.2 Å². The van der Waals surface area contributed by atoms with Gasteiger partial charge in [0.25, 0.3) is 0 Å². The average Bonchev–Trinajstić information content (AvgIpc) is 2.97. The summed E-state index contributed by atoms with van der Waals surface area (Å²) >= 11 is 3.46. The molecule has 1 fully saturated rings. The Balaban J connectivity index is 1.67. The zero-order valence-electron chi connectivity index (χ0n) is 12.1. The molecule has 6 heteroatoms. The maximum Gasteiger partial charge on any atom is 0.241 e. The fourth-order valence-corrected chi connectivity index (χ4v) is 3.05. The number of piperidine rings is 1. The highest BCUT2D eigenvalue weighted by molar-refractivity contribution is 9.10. The third-order valence-electron chi connectivity index (χ3n) is 3.87. The highest BCUT2D eigenvalue weighted by atomic mass is 79.9. The lowest BCUT2D eigenvalue weighted by Gasteiger charge is -2.30. The van der Waals surface area contributed by atoms with Crippen LogP contribution in [0.1, 0.15) is 18.7 Å². The molecule has 21 heavy (non-hydrogen) atoms. The normalized spacial score (nSPS) is 16.5. The molecule has 0 spiro atoms. The Kier molecular flexibility index (Phi) is 4.67. The fraction of sp³-hybridized carbons (Fsp3) is 0.467. The summed E-state index contributed by atoms with van der Waals surface area (Å²) in [4.78, 5) is 6.81. The standard InChI is InChI=1S/C15H19BrN4O/c1-20(13-5-7-17-8-6-13)10-14-18-15(19-21-14)11-3-2-4-12(16)9-11/h2-4,9,13,17H,5-8,10H2,1H3. The second-order valence-electron chi connectivity index (χ2n) is 5.42. The first-order valence-corrected chi connectivity index (χ1v) is 8.01. The third-order valence-corrected chi connectivity index (χ3v) is 4.36. The molecule has 0 atom stereocenters. The van der Waals surface area contributed by atoms with E-state index >= 15 is 0 Å². The van der Waals surface area contributed by atoms with Crippen LogP contribution in [0.5, 0.6) is 0 Å². The molecule has 5 nitrogen and oxygen atoms in total. The van der Waals surface area contributed by atoms with Gasteiger partial charge in [0.05, 0.1) is 6.54 Å². The Bertz CT molecular complexity index is 595. The highest BCUT2D eigenvalue weighted by Gasteiger charge is 2.20. The van der Waals surface area contributed by atoms with Gasteiger partial charge in [-0.25, -0.2) is 0 Å². The van der Waals surface area contributed by atoms with Gasteiger partial charge >= 0.3 is 0 Å². The van der Waals surface area contributed by atoms with Gasteiger partial charge in [-0.2, -0.15) is 4.98 Å². The topological polar surface area (TPSA) is 54.2 Å². The van der Waals surface area contributed by atoms with Crippen molar-refractivity contribution in [1.29, 1.82) is 0 Å². The average molecular weight is 351 g/mol. The largest absolute Gasteiger partial charge is 0.338 e. The molecular formula is C15H19BrN4O. The summed E-state index contributed by atoms with van der Waals surface area (Å²) in [6, 6.07) is 8.51. The number of hydrogen-bond acceptors (Lipinski definition) is 5. The van der Waals surface area contributed by atoms with Crippen LogP contribution >= 0.6 is 15.9 Å². The maximum atomic E-state index is 5.39. The van der Waals surface area contributed by atoms with Crippen molar-refractivity contribution in [2.75, 3.05) is 20.1 Å². The Labute approximate surface area is 132 Å². The van der Waals surface area contributed by atoms with Gasteiger partial charge in [-0.15, -0.1) is 0 Å². The van der Waals surface area contributed by atoms with Crippen molar-refractivity contribution >= 4 is 15.9 Å². The molecule has 1 aromatic heterocycles. The predicted octanol–water partition coefficient (Wildman–Crippen LogP) is 2.68. The van der Waals surface area contributed by atoms with Crippen LogP contribution in [0.25, 0.3) is 11.4 Å². The number of halogens is 1. The van der Waals surface area contributed by atoms with Crippen molar-refractivity contribution in [2.45, 2.75) is 25.4 Å². The number of hydrogen-bond donors (Lipinski definition) is 1. The molecule has 1 aliphatic heterocycles. The summed E-state index contributed by atoms with van der Waals surface area (Å²) in [5, 5.41) is 7.46. The smallest absolute Gasteiger partial charge is 0.241 e. The van der Waals surface area contributed by atoms with E-state index in [-0.39, 0.29) is 0 Å². The van der Waals surface area contributed by atoms with Crippen molar-refractivity contribution in [1.82, 2.24) is 20.4 Å². The van der Waals surface area contributed by atoms with Crippen molar-refractivity contribution in [3.63, 3.8) is 0 Å².